The molecule has 0 atom stereocenters. The van der Waals surface area contributed by atoms with Gasteiger partial charge in [0, 0.05) is 10.9 Å². The summed E-state index contributed by atoms with van der Waals surface area (Å²) >= 11 is 1.11. The Hall–Kier alpha value is -2.30. The number of hydrogen-bond donors (Lipinski definition) is 2. The third-order valence-corrected chi connectivity index (χ3v) is 5.02. The van der Waals surface area contributed by atoms with Crippen LogP contribution in [0.1, 0.15) is 5.76 Å². The van der Waals surface area contributed by atoms with Crippen LogP contribution in [0.5, 0.6) is 0 Å². The molecule has 0 aliphatic carbocycles. The molecule has 23 heavy (non-hydrogen) atoms. The minimum Gasteiger partial charge on any atom is -0.426 e. The molecule has 2 aromatic heterocycles. The van der Waals surface area contributed by atoms with E-state index in [4.69, 9.17) is 9.52 Å². The highest BCUT2D eigenvalue weighted by atomic mass is 32.2. The van der Waals surface area contributed by atoms with Gasteiger partial charge in [0.25, 0.3) is 10.0 Å². The molecular formula is C13H10FN3O4S2. The van der Waals surface area contributed by atoms with Crippen LogP contribution in [-0.4, -0.2) is 23.5 Å². The Labute approximate surface area is 134 Å². The molecular weight excluding hydrogens is 345 g/mol. The number of thiazole rings is 1. The maximum absolute atomic E-state index is 12.9. The van der Waals surface area contributed by atoms with Crippen LogP contribution in [0, 0.1) is 5.82 Å². The summed E-state index contributed by atoms with van der Waals surface area (Å²) in [5, 5.41) is 10.5. The molecule has 3 rings (SSSR count). The molecule has 120 valence electrons. The molecule has 7 nitrogen and oxygen atoms in total. The molecule has 2 N–H and O–H groups in total. The number of oxazole rings is 1. The summed E-state index contributed by atoms with van der Waals surface area (Å²) in [6.45, 7) is -0.389. The number of nitrogens with zero attached hydrogens (tertiary/aromatic N) is 2. The highest BCUT2D eigenvalue weighted by molar-refractivity contribution is 7.92. The fourth-order valence-corrected chi connectivity index (χ4v) is 3.74. The van der Waals surface area contributed by atoms with Gasteiger partial charge in [-0.1, -0.05) is 0 Å². The summed E-state index contributed by atoms with van der Waals surface area (Å²) in [5.41, 5.74) is 0.608. The lowest BCUT2D eigenvalue weighted by molar-refractivity contribution is 0.249. The lowest BCUT2D eigenvalue weighted by Crippen LogP contribution is -2.13. The molecule has 0 saturated carbocycles. The largest absolute Gasteiger partial charge is 0.426 e. The van der Waals surface area contributed by atoms with E-state index < -0.39 is 10.0 Å². The average Bonchev–Trinajstić information content (AvgIpc) is 3.17. The van der Waals surface area contributed by atoms with Gasteiger partial charge in [-0.3, -0.25) is 0 Å². The number of sulfonamides is 1. The van der Waals surface area contributed by atoms with E-state index in [2.05, 4.69) is 14.7 Å². The van der Waals surface area contributed by atoms with Crippen LogP contribution >= 0.6 is 11.3 Å². The van der Waals surface area contributed by atoms with Gasteiger partial charge in [-0.15, -0.1) is 11.3 Å². The van der Waals surface area contributed by atoms with E-state index in [0.29, 0.717) is 10.6 Å². The van der Waals surface area contributed by atoms with Gasteiger partial charge in [0.05, 0.1) is 6.20 Å². The molecule has 1 aromatic carbocycles. The molecule has 0 amide bonds. The van der Waals surface area contributed by atoms with Gasteiger partial charge in [-0.05, 0) is 24.3 Å². The summed E-state index contributed by atoms with van der Waals surface area (Å²) in [6, 6.07) is 5.31. The van der Waals surface area contributed by atoms with Crippen LogP contribution in [-0.2, 0) is 16.6 Å². The molecule has 0 aliphatic rings. The Morgan fingerprint density at radius 2 is 2.04 bits per heavy atom. The van der Waals surface area contributed by atoms with Crippen molar-refractivity contribution in [2.75, 3.05) is 4.72 Å². The molecule has 2 heterocycles. The van der Waals surface area contributed by atoms with Crippen molar-refractivity contribution in [1.29, 1.82) is 0 Å². The predicted octanol–water partition coefficient (Wildman–Crippen LogP) is 2.23. The first-order chi connectivity index (χ1) is 11.0. The Balaban J connectivity index is 1.84. The number of nitrogens with one attached hydrogen (secondary N) is 1. The number of hydrogen-bond acceptors (Lipinski definition) is 7. The molecule has 0 fully saturated rings. The molecule has 0 spiro atoms. The first kappa shape index (κ1) is 15.6. The van der Waals surface area contributed by atoms with Crippen LogP contribution in [0.4, 0.5) is 10.4 Å². The highest BCUT2D eigenvalue weighted by Crippen LogP contribution is 2.26. The number of benzene rings is 1. The van der Waals surface area contributed by atoms with Crippen molar-refractivity contribution in [3.05, 3.63) is 47.4 Å². The average molecular weight is 355 g/mol. The van der Waals surface area contributed by atoms with Gasteiger partial charge in [0.15, 0.2) is 10.8 Å². The van der Waals surface area contributed by atoms with Crippen LogP contribution in [0.25, 0.3) is 10.6 Å². The second-order valence-electron chi connectivity index (χ2n) is 4.39. The first-order valence-corrected chi connectivity index (χ1v) is 8.64. The summed E-state index contributed by atoms with van der Waals surface area (Å²) in [7, 11) is -3.97. The molecule has 3 aromatic rings. The number of aromatic nitrogens is 2. The van der Waals surface area contributed by atoms with Crippen molar-refractivity contribution >= 4 is 27.4 Å². The minimum atomic E-state index is -3.97. The zero-order valence-corrected chi connectivity index (χ0v) is 13.1. The Morgan fingerprint density at radius 1 is 1.30 bits per heavy atom. The van der Waals surface area contributed by atoms with Crippen LogP contribution < -0.4 is 4.72 Å². The quantitative estimate of drug-likeness (QED) is 0.727. The maximum Gasteiger partial charge on any atom is 0.309 e. The predicted molar refractivity (Wildman–Crippen MR) is 80.7 cm³/mol. The second kappa shape index (κ2) is 6.07. The molecule has 10 heteroatoms. The van der Waals surface area contributed by atoms with E-state index >= 15 is 0 Å². The van der Waals surface area contributed by atoms with E-state index in [1.165, 1.54) is 35.8 Å². The SMILES string of the molecule is O=S(=O)(Nc1ncc(CO)o1)c1csc(-c2ccc(F)cc2)n1. The topological polar surface area (TPSA) is 105 Å². The van der Waals surface area contributed by atoms with Crippen molar-refractivity contribution in [2.24, 2.45) is 0 Å². The minimum absolute atomic E-state index is 0.132. The standard InChI is InChI=1S/C13H10FN3O4S2/c14-9-3-1-8(2-4-9)12-16-11(7-22-12)23(19,20)17-13-15-5-10(6-18)21-13/h1-5,7,18H,6H2,(H,15,17). The monoisotopic (exact) mass is 355 g/mol. The third-order valence-electron chi connectivity index (χ3n) is 2.78. The van der Waals surface area contributed by atoms with Crippen LogP contribution in [0.3, 0.4) is 0 Å². The zero-order valence-electron chi connectivity index (χ0n) is 11.4. The van der Waals surface area contributed by atoms with Crippen LogP contribution in [0.2, 0.25) is 0 Å². The van der Waals surface area contributed by atoms with Gasteiger partial charge in [0.2, 0.25) is 0 Å². The Kier molecular flexibility index (Phi) is 4.11. The van der Waals surface area contributed by atoms with Gasteiger partial charge >= 0.3 is 6.01 Å². The van der Waals surface area contributed by atoms with Gasteiger partial charge in [-0.25, -0.2) is 19.1 Å². The van der Waals surface area contributed by atoms with Crippen LogP contribution in [0.15, 0.2) is 45.3 Å². The highest BCUT2D eigenvalue weighted by Gasteiger charge is 2.21. The summed E-state index contributed by atoms with van der Waals surface area (Å²) in [6.07, 6.45) is 1.21. The normalized spacial score (nSPS) is 11.6. The van der Waals surface area contributed by atoms with Crippen molar-refractivity contribution in [3.63, 3.8) is 0 Å². The summed E-state index contributed by atoms with van der Waals surface area (Å²) < 4.78 is 44.4. The zero-order chi connectivity index (χ0) is 16.4. The van der Waals surface area contributed by atoms with Gasteiger partial charge in [0.1, 0.15) is 17.4 Å². The second-order valence-corrected chi connectivity index (χ2v) is 6.88. The number of halogens is 1. The fraction of sp³-hybridized carbons (Fsp3) is 0.0769. The number of aliphatic hydroxyl groups is 1. The van der Waals surface area contributed by atoms with Crippen molar-refractivity contribution < 1.29 is 22.3 Å². The number of anilines is 1. The van der Waals surface area contributed by atoms with Crippen molar-refractivity contribution in [2.45, 2.75) is 11.6 Å². The molecule has 0 unspecified atom stereocenters. The third kappa shape index (κ3) is 3.38. The lowest BCUT2D eigenvalue weighted by atomic mass is 10.2. The summed E-state index contributed by atoms with van der Waals surface area (Å²) in [4.78, 5) is 7.72. The van der Waals surface area contributed by atoms with Gasteiger partial charge < -0.3 is 9.52 Å². The van der Waals surface area contributed by atoms with E-state index in [9.17, 15) is 12.8 Å². The van der Waals surface area contributed by atoms with Crippen molar-refractivity contribution in [3.8, 4) is 10.6 Å². The Morgan fingerprint density at radius 3 is 2.70 bits per heavy atom. The smallest absolute Gasteiger partial charge is 0.309 e. The van der Waals surface area contributed by atoms with E-state index in [0.717, 1.165) is 11.3 Å². The lowest BCUT2D eigenvalue weighted by Gasteiger charge is -2.00. The first-order valence-electron chi connectivity index (χ1n) is 6.28. The molecule has 0 saturated heterocycles. The Bertz CT molecular complexity index is 919. The van der Waals surface area contributed by atoms with E-state index in [1.807, 2.05) is 0 Å². The van der Waals surface area contributed by atoms with Gasteiger partial charge in [-0.2, -0.15) is 8.42 Å². The van der Waals surface area contributed by atoms with E-state index in [-0.39, 0.29) is 29.2 Å². The summed E-state index contributed by atoms with van der Waals surface area (Å²) in [5.74, 6) is -0.253. The van der Waals surface area contributed by atoms with Crippen molar-refractivity contribution in [1.82, 2.24) is 9.97 Å². The fourth-order valence-electron chi connectivity index (χ4n) is 1.70. The number of aliphatic hydroxyl groups excluding tert-OH is 1. The van der Waals surface area contributed by atoms with E-state index in [1.54, 1.807) is 0 Å². The maximum atomic E-state index is 12.9. The molecule has 0 aliphatic heterocycles. The molecule has 0 bridgehead atoms. The number of rotatable bonds is 5. The molecule has 0 radical (unpaired) electrons.